The van der Waals surface area contributed by atoms with Gasteiger partial charge >= 0.3 is 0 Å². The van der Waals surface area contributed by atoms with Gasteiger partial charge in [0, 0.05) is 18.6 Å². The third kappa shape index (κ3) is 3.83. The molecular formula is C18H30N2. The summed E-state index contributed by atoms with van der Waals surface area (Å²) in [6.45, 7) is 8.85. The van der Waals surface area contributed by atoms with Crippen molar-refractivity contribution in [3.8, 4) is 0 Å². The van der Waals surface area contributed by atoms with Crippen LogP contribution in [0.25, 0.3) is 0 Å². The topological polar surface area (TPSA) is 29.3 Å². The van der Waals surface area contributed by atoms with E-state index in [1.807, 2.05) is 0 Å². The van der Waals surface area contributed by atoms with Crippen LogP contribution in [-0.2, 0) is 0 Å². The third-order valence-electron chi connectivity index (χ3n) is 4.64. The number of nitrogens with zero attached hydrogens (tertiary/aromatic N) is 1. The lowest BCUT2D eigenvalue weighted by molar-refractivity contribution is 0.131. The van der Waals surface area contributed by atoms with Crippen molar-refractivity contribution in [3.63, 3.8) is 0 Å². The van der Waals surface area contributed by atoms with Gasteiger partial charge in [-0.05, 0) is 50.8 Å². The molecule has 1 aliphatic heterocycles. The summed E-state index contributed by atoms with van der Waals surface area (Å²) in [6.07, 6.45) is 6.67. The number of aryl methyl sites for hydroxylation is 2. The average Bonchev–Trinajstić information content (AvgIpc) is 2.44. The zero-order valence-corrected chi connectivity index (χ0v) is 13.4. The van der Waals surface area contributed by atoms with E-state index in [1.165, 1.54) is 55.3 Å². The van der Waals surface area contributed by atoms with Crippen molar-refractivity contribution < 1.29 is 0 Å². The fourth-order valence-corrected chi connectivity index (χ4v) is 3.47. The lowest BCUT2D eigenvalue weighted by Gasteiger charge is -2.37. The molecule has 2 atom stereocenters. The monoisotopic (exact) mass is 274 g/mol. The number of rotatable bonds is 5. The molecule has 1 saturated heterocycles. The van der Waals surface area contributed by atoms with E-state index >= 15 is 0 Å². The van der Waals surface area contributed by atoms with Crippen LogP contribution < -0.4 is 5.73 Å². The molecule has 0 aromatic heterocycles. The SMILES string of the molecule is CCCC1CCCCN1CC(N)c1cc(C)ccc1C. The number of nitrogens with two attached hydrogens (primary N) is 1. The minimum atomic E-state index is 0.146. The second kappa shape index (κ2) is 7.24. The van der Waals surface area contributed by atoms with Crippen molar-refractivity contribution >= 4 is 0 Å². The van der Waals surface area contributed by atoms with E-state index in [-0.39, 0.29) is 6.04 Å². The summed E-state index contributed by atoms with van der Waals surface area (Å²) in [7, 11) is 0. The highest BCUT2D eigenvalue weighted by Crippen LogP contribution is 2.25. The van der Waals surface area contributed by atoms with Gasteiger partial charge < -0.3 is 5.73 Å². The van der Waals surface area contributed by atoms with Crippen molar-refractivity contribution in [2.75, 3.05) is 13.1 Å². The molecule has 2 unspecified atom stereocenters. The Kier molecular flexibility index (Phi) is 5.62. The highest BCUT2D eigenvalue weighted by atomic mass is 15.2. The molecule has 112 valence electrons. The fraction of sp³-hybridized carbons (Fsp3) is 0.667. The summed E-state index contributed by atoms with van der Waals surface area (Å²) in [5, 5.41) is 0. The number of piperidine rings is 1. The van der Waals surface area contributed by atoms with Gasteiger partial charge in [0.2, 0.25) is 0 Å². The van der Waals surface area contributed by atoms with Crippen LogP contribution in [0.4, 0.5) is 0 Å². The largest absolute Gasteiger partial charge is 0.323 e. The fourth-order valence-electron chi connectivity index (χ4n) is 3.47. The minimum absolute atomic E-state index is 0.146. The van der Waals surface area contributed by atoms with Gasteiger partial charge in [-0.25, -0.2) is 0 Å². The molecule has 1 aromatic carbocycles. The van der Waals surface area contributed by atoms with Crippen molar-refractivity contribution in [1.82, 2.24) is 4.90 Å². The van der Waals surface area contributed by atoms with E-state index in [0.717, 1.165) is 12.6 Å². The second-order valence-corrected chi connectivity index (χ2v) is 6.40. The Hall–Kier alpha value is -0.860. The summed E-state index contributed by atoms with van der Waals surface area (Å²) >= 11 is 0. The molecule has 1 aliphatic rings. The van der Waals surface area contributed by atoms with Gasteiger partial charge in [-0.3, -0.25) is 4.90 Å². The first-order valence-corrected chi connectivity index (χ1v) is 8.18. The standard InChI is InChI=1S/C18H30N2/c1-4-7-16-8-5-6-11-20(16)13-18(19)17-12-14(2)9-10-15(17)3/h9-10,12,16,18H,4-8,11,13,19H2,1-3H3. The smallest absolute Gasteiger partial charge is 0.0427 e. The van der Waals surface area contributed by atoms with Crippen molar-refractivity contribution in [3.05, 3.63) is 34.9 Å². The van der Waals surface area contributed by atoms with E-state index in [2.05, 4.69) is 43.9 Å². The van der Waals surface area contributed by atoms with Crippen LogP contribution in [0.5, 0.6) is 0 Å². The zero-order chi connectivity index (χ0) is 14.5. The molecule has 0 spiro atoms. The first kappa shape index (κ1) is 15.5. The maximum Gasteiger partial charge on any atom is 0.0427 e. The molecule has 0 aliphatic carbocycles. The van der Waals surface area contributed by atoms with Gasteiger partial charge in [-0.2, -0.15) is 0 Å². The molecule has 2 rings (SSSR count). The van der Waals surface area contributed by atoms with Gasteiger partial charge in [0.05, 0.1) is 0 Å². The molecule has 1 aromatic rings. The Balaban J connectivity index is 2.05. The zero-order valence-electron chi connectivity index (χ0n) is 13.4. The quantitative estimate of drug-likeness (QED) is 0.880. The third-order valence-corrected chi connectivity index (χ3v) is 4.64. The van der Waals surface area contributed by atoms with Crippen molar-refractivity contribution in [1.29, 1.82) is 0 Å². The number of benzene rings is 1. The van der Waals surface area contributed by atoms with Gasteiger partial charge in [-0.1, -0.05) is 43.5 Å². The first-order valence-electron chi connectivity index (χ1n) is 8.18. The Labute approximate surface area is 124 Å². The summed E-state index contributed by atoms with van der Waals surface area (Å²) in [4.78, 5) is 2.64. The lowest BCUT2D eigenvalue weighted by atomic mass is 9.95. The Bertz CT molecular complexity index is 425. The second-order valence-electron chi connectivity index (χ2n) is 6.40. The first-order chi connectivity index (χ1) is 9.61. The summed E-state index contributed by atoms with van der Waals surface area (Å²) in [5.41, 5.74) is 10.5. The maximum absolute atomic E-state index is 6.51. The molecule has 2 nitrogen and oxygen atoms in total. The van der Waals surface area contributed by atoms with Crippen LogP contribution in [0.2, 0.25) is 0 Å². The summed E-state index contributed by atoms with van der Waals surface area (Å²) in [5.74, 6) is 0. The van der Waals surface area contributed by atoms with Crippen LogP contribution in [-0.4, -0.2) is 24.0 Å². The van der Waals surface area contributed by atoms with E-state index in [1.54, 1.807) is 0 Å². The van der Waals surface area contributed by atoms with Crippen LogP contribution in [0.3, 0.4) is 0 Å². The van der Waals surface area contributed by atoms with Crippen LogP contribution >= 0.6 is 0 Å². The Morgan fingerprint density at radius 1 is 1.30 bits per heavy atom. The molecule has 20 heavy (non-hydrogen) atoms. The van der Waals surface area contributed by atoms with Gasteiger partial charge in [0.25, 0.3) is 0 Å². The van der Waals surface area contributed by atoms with Crippen LogP contribution in [0, 0.1) is 13.8 Å². The Morgan fingerprint density at radius 3 is 2.85 bits per heavy atom. The number of hydrogen-bond donors (Lipinski definition) is 1. The van der Waals surface area contributed by atoms with Gasteiger partial charge in [0.15, 0.2) is 0 Å². The molecule has 2 heteroatoms. The minimum Gasteiger partial charge on any atom is -0.323 e. The molecule has 0 radical (unpaired) electrons. The van der Waals surface area contributed by atoms with E-state index < -0.39 is 0 Å². The maximum atomic E-state index is 6.51. The van der Waals surface area contributed by atoms with E-state index in [9.17, 15) is 0 Å². The summed E-state index contributed by atoms with van der Waals surface area (Å²) < 4.78 is 0. The Morgan fingerprint density at radius 2 is 2.10 bits per heavy atom. The van der Waals surface area contributed by atoms with E-state index in [4.69, 9.17) is 5.73 Å². The molecule has 0 bridgehead atoms. The highest BCUT2D eigenvalue weighted by Gasteiger charge is 2.24. The number of likely N-dealkylation sites (tertiary alicyclic amines) is 1. The molecule has 2 N–H and O–H groups in total. The molecular weight excluding hydrogens is 244 g/mol. The van der Waals surface area contributed by atoms with Gasteiger partial charge in [0.1, 0.15) is 0 Å². The van der Waals surface area contributed by atoms with Crippen LogP contribution in [0.1, 0.15) is 61.8 Å². The highest BCUT2D eigenvalue weighted by molar-refractivity contribution is 5.33. The van der Waals surface area contributed by atoms with Crippen molar-refractivity contribution in [2.24, 2.45) is 5.73 Å². The predicted octanol–water partition coefficient (Wildman–Crippen LogP) is 3.96. The molecule has 1 fully saturated rings. The van der Waals surface area contributed by atoms with Crippen LogP contribution in [0.15, 0.2) is 18.2 Å². The molecule has 0 saturated carbocycles. The molecule has 0 amide bonds. The van der Waals surface area contributed by atoms with Gasteiger partial charge in [-0.15, -0.1) is 0 Å². The lowest BCUT2D eigenvalue weighted by Crippen LogP contribution is -2.43. The average molecular weight is 274 g/mol. The summed E-state index contributed by atoms with van der Waals surface area (Å²) in [6, 6.07) is 7.53. The van der Waals surface area contributed by atoms with E-state index in [0.29, 0.717) is 0 Å². The predicted molar refractivity (Wildman–Crippen MR) is 87.0 cm³/mol. The van der Waals surface area contributed by atoms with Crippen molar-refractivity contribution in [2.45, 2.75) is 65.0 Å². The normalized spacial score (nSPS) is 21.9. The molecule has 1 heterocycles. The number of hydrogen-bond acceptors (Lipinski definition) is 2.